The van der Waals surface area contributed by atoms with Gasteiger partial charge in [0.05, 0.1) is 12.1 Å². The van der Waals surface area contributed by atoms with Crippen molar-refractivity contribution in [3.63, 3.8) is 0 Å². The molecule has 2 aliphatic rings. The third kappa shape index (κ3) is 2.62. The molecule has 0 spiro atoms. The van der Waals surface area contributed by atoms with Gasteiger partial charge in [-0.05, 0) is 25.7 Å². The molecule has 6 heteroatoms. The van der Waals surface area contributed by atoms with E-state index < -0.39 is 0 Å². The van der Waals surface area contributed by atoms with Crippen LogP contribution in [0, 0.1) is 18.8 Å². The summed E-state index contributed by atoms with van der Waals surface area (Å²) in [7, 11) is 0. The molecular weight excluding hydrogens is 244 g/mol. The van der Waals surface area contributed by atoms with E-state index in [1.165, 1.54) is 12.8 Å². The smallest absolute Gasteiger partial charge is 0.230 e. The van der Waals surface area contributed by atoms with Crippen LogP contribution < -0.4 is 5.32 Å². The monoisotopic (exact) mass is 262 g/mol. The van der Waals surface area contributed by atoms with Gasteiger partial charge in [-0.15, -0.1) is 0 Å². The van der Waals surface area contributed by atoms with E-state index in [0.29, 0.717) is 24.7 Å². The molecule has 2 heterocycles. The van der Waals surface area contributed by atoms with Crippen molar-refractivity contribution < 1.29 is 9.59 Å². The van der Waals surface area contributed by atoms with Gasteiger partial charge >= 0.3 is 0 Å². The standard InChI is InChI=1S/C13H18N4O2/c1-8-5-14-16-12(8)15-13(19)10-4-11(18)17(7-10)6-9-2-3-9/h5,9-10H,2-4,6-7H2,1H3,(H2,14,15,16,19). The number of hydrogen-bond donors (Lipinski definition) is 2. The van der Waals surface area contributed by atoms with Crippen molar-refractivity contribution in [2.45, 2.75) is 26.2 Å². The maximum absolute atomic E-state index is 12.1. The Labute approximate surface area is 111 Å². The van der Waals surface area contributed by atoms with E-state index in [9.17, 15) is 9.59 Å². The number of aromatic nitrogens is 2. The minimum absolute atomic E-state index is 0.0982. The maximum atomic E-state index is 12.1. The van der Waals surface area contributed by atoms with E-state index in [1.807, 2.05) is 11.8 Å². The summed E-state index contributed by atoms with van der Waals surface area (Å²) >= 11 is 0. The molecule has 2 amide bonds. The van der Waals surface area contributed by atoms with Gasteiger partial charge in [-0.2, -0.15) is 5.10 Å². The molecule has 1 saturated heterocycles. The Kier molecular flexibility index (Phi) is 3.00. The summed E-state index contributed by atoms with van der Waals surface area (Å²) in [5.41, 5.74) is 0.896. The van der Waals surface area contributed by atoms with Gasteiger partial charge < -0.3 is 10.2 Å². The normalized spacial score (nSPS) is 22.9. The molecule has 1 unspecified atom stereocenters. The average Bonchev–Trinajstić information content (AvgIpc) is 2.99. The van der Waals surface area contributed by atoms with Gasteiger partial charge in [0.1, 0.15) is 5.82 Å². The second kappa shape index (κ2) is 4.68. The second-order valence-corrected chi connectivity index (χ2v) is 5.56. The van der Waals surface area contributed by atoms with E-state index in [2.05, 4.69) is 15.5 Å². The zero-order chi connectivity index (χ0) is 13.4. The molecule has 0 radical (unpaired) electrons. The average molecular weight is 262 g/mol. The highest BCUT2D eigenvalue weighted by Gasteiger charge is 2.37. The topological polar surface area (TPSA) is 78.1 Å². The third-order valence-electron chi connectivity index (χ3n) is 3.84. The molecule has 1 aromatic heterocycles. The largest absolute Gasteiger partial charge is 0.342 e. The molecule has 1 aliphatic carbocycles. The lowest BCUT2D eigenvalue weighted by Gasteiger charge is -2.15. The molecular formula is C13H18N4O2. The number of likely N-dealkylation sites (tertiary alicyclic amines) is 1. The summed E-state index contributed by atoms with van der Waals surface area (Å²) in [4.78, 5) is 25.8. The molecule has 1 saturated carbocycles. The van der Waals surface area contributed by atoms with Crippen LogP contribution in [0.4, 0.5) is 5.82 Å². The molecule has 19 heavy (non-hydrogen) atoms. The fourth-order valence-corrected chi connectivity index (χ4v) is 2.43. The third-order valence-corrected chi connectivity index (χ3v) is 3.84. The van der Waals surface area contributed by atoms with Crippen LogP contribution in [0.25, 0.3) is 0 Å². The summed E-state index contributed by atoms with van der Waals surface area (Å²) in [6.45, 7) is 3.25. The molecule has 1 aliphatic heterocycles. The summed E-state index contributed by atoms with van der Waals surface area (Å²) in [6, 6.07) is 0. The van der Waals surface area contributed by atoms with Crippen molar-refractivity contribution in [1.82, 2.24) is 15.1 Å². The SMILES string of the molecule is Cc1cn[nH]c1NC(=O)C1CC(=O)N(CC2CC2)C1. The first-order valence-electron chi connectivity index (χ1n) is 6.72. The Morgan fingerprint density at radius 2 is 2.37 bits per heavy atom. The lowest BCUT2D eigenvalue weighted by Crippen LogP contribution is -2.30. The number of aromatic amines is 1. The van der Waals surface area contributed by atoms with Crippen molar-refractivity contribution in [3.8, 4) is 0 Å². The number of amides is 2. The van der Waals surface area contributed by atoms with Gasteiger partial charge in [-0.3, -0.25) is 14.7 Å². The minimum atomic E-state index is -0.242. The first-order valence-corrected chi connectivity index (χ1v) is 6.72. The van der Waals surface area contributed by atoms with Gasteiger partial charge in [-0.25, -0.2) is 0 Å². The van der Waals surface area contributed by atoms with Crippen LogP contribution >= 0.6 is 0 Å². The van der Waals surface area contributed by atoms with E-state index in [-0.39, 0.29) is 17.7 Å². The summed E-state index contributed by atoms with van der Waals surface area (Å²) < 4.78 is 0. The Morgan fingerprint density at radius 3 is 3.00 bits per heavy atom. The van der Waals surface area contributed by atoms with E-state index in [1.54, 1.807) is 6.20 Å². The minimum Gasteiger partial charge on any atom is -0.342 e. The fourth-order valence-electron chi connectivity index (χ4n) is 2.43. The Balaban J connectivity index is 1.58. The maximum Gasteiger partial charge on any atom is 0.230 e. The molecule has 1 aromatic rings. The predicted molar refractivity (Wildman–Crippen MR) is 69.4 cm³/mol. The molecule has 0 aromatic carbocycles. The zero-order valence-electron chi connectivity index (χ0n) is 11.0. The number of nitrogens with zero attached hydrogens (tertiary/aromatic N) is 2. The number of carbonyl (C=O) groups is 2. The van der Waals surface area contributed by atoms with Crippen LogP contribution in [0.3, 0.4) is 0 Å². The number of nitrogens with one attached hydrogen (secondary N) is 2. The molecule has 2 N–H and O–H groups in total. The van der Waals surface area contributed by atoms with Crippen molar-refractivity contribution in [2.24, 2.45) is 11.8 Å². The number of hydrogen-bond acceptors (Lipinski definition) is 3. The van der Waals surface area contributed by atoms with Gasteiger partial charge in [0, 0.05) is 25.1 Å². The van der Waals surface area contributed by atoms with Gasteiger partial charge in [0.25, 0.3) is 0 Å². The number of H-pyrrole nitrogens is 1. The number of aryl methyl sites for hydroxylation is 1. The van der Waals surface area contributed by atoms with Crippen molar-refractivity contribution >= 4 is 17.6 Å². The van der Waals surface area contributed by atoms with Crippen LogP contribution in [0.15, 0.2) is 6.20 Å². The Bertz CT molecular complexity index is 506. The summed E-state index contributed by atoms with van der Waals surface area (Å²) in [5.74, 6) is 1.06. The van der Waals surface area contributed by atoms with Gasteiger partial charge in [0.2, 0.25) is 11.8 Å². The van der Waals surface area contributed by atoms with E-state index in [0.717, 1.165) is 12.1 Å². The fraction of sp³-hybridized carbons (Fsp3) is 0.615. The number of carbonyl (C=O) groups excluding carboxylic acids is 2. The van der Waals surface area contributed by atoms with E-state index in [4.69, 9.17) is 0 Å². The highest BCUT2D eigenvalue weighted by Crippen LogP contribution is 2.32. The van der Waals surface area contributed by atoms with Crippen molar-refractivity contribution in [2.75, 3.05) is 18.4 Å². The molecule has 1 atom stereocenters. The van der Waals surface area contributed by atoms with Gasteiger partial charge in [-0.1, -0.05) is 0 Å². The lowest BCUT2D eigenvalue weighted by molar-refractivity contribution is -0.128. The molecule has 0 bridgehead atoms. The summed E-state index contributed by atoms with van der Waals surface area (Å²) in [6.07, 6.45) is 4.42. The predicted octanol–water partition coefficient (Wildman–Crippen LogP) is 0.915. The summed E-state index contributed by atoms with van der Waals surface area (Å²) in [5, 5.41) is 9.41. The van der Waals surface area contributed by atoms with Gasteiger partial charge in [0.15, 0.2) is 0 Å². The number of anilines is 1. The van der Waals surface area contributed by atoms with Crippen LogP contribution in [-0.4, -0.2) is 40.0 Å². The highest BCUT2D eigenvalue weighted by molar-refractivity contribution is 5.96. The van der Waals surface area contributed by atoms with Crippen LogP contribution in [0.2, 0.25) is 0 Å². The molecule has 102 valence electrons. The number of rotatable bonds is 4. The van der Waals surface area contributed by atoms with Crippen molar-refractivity contribution in [1.29, 1.82) is 0 Å². The van der Waals surface area contributed by atoms with Crippen LogP contribution in [-0.2, 0) is 9.59 Å². The van der Waals surface area contributed by atoms with Crippen molar-refractivity contribution in [3.05, 3.63) is 11.8 Å². The van der Waals surface area contributed by atoms with E-state index >= 15 is 0 Å². The zero-order valence-corrected chi connectivity index (χ0v) is 11.0. The highest BCUT2D eigenvalue weighted by atomic mass is 16.2. The first-order chi connectivity index (χ1) is 9.13. The second-order valence-electron chi connectivity index (χ2n) is 5.56. The Morgan fingerprint density at radius 1 is 1.58 bits per heavy atom. The molecule has 3 rings (SSSR count). The first kappa shape index (κ1) is 12.2. The quantitative estimate of drug-likeness (QED) is 0.846. The molecule has 6 nitrogen and oxygen atoms in total. The molecule has 2 fully saturated rings. The van der Waals surface area contributed by atoms with Crippen LogP contribution in [0.5, 0.6) is 0 Å². The lowest BCUT2D eigenvalue weighted by atomic mass is 10.1. The Hall–Kier alpha value is -1.85. The van der Waals surface area contributed by atoms with Crippen LogP contribution in [0.1, 0.15) is 24.8 Å².